The average molecular weight is 499 g/mol. The van der Waals surface area contributed by atoms with Gasteiger partial charge in [0, 0.05) is 0 Å². The quantitative estimate of drug-likeness (QED) is 0.102. The molecule has 0 aromatic heterocycles. The summed E-state index contributed by atoms with van der Waals surface area (Å²) < 4.78 is 35.5. The molecule has 0 bridgehead atoms. The van der Waals surface area contributed by atoms with E-state index >= 15 is 0 Å². The van der Waals surface area contributed by atoms with Gasteiger partial charge in [0.1, 0.15) is 0 Å². The molecule has 0 fully saturated rings. The minimum Gasteiger partial charge on any atom is -1.00 e. The van der Waals surface area contributed by atoms with Gasteiger partial charge in [0.05, 0.1) is 13.0 Å². The normalized spacial score (nSPS) is 12.0. The molecule has 0 heterocycles. The van der Waals surface area contributed by atoms with E-state index < -0.39 is 33.7 Å². The van der Waals surface area contributed by atoms with E-state index in [0.29, 0.717) is 6.42 Å². The molecule has 0 rings (SSSR count). The molecule has 2 N–H and O–H groups in total. The summed E-state index contributed by atoms with van der Waals surface area (Å²) in [6.45, 7) is 4.70. The van der Waals surface area contributed by atoms with E-state index in [1.165, 1.54) is 64.2 Å². The van der Waals surface area contributed by atoms with Crippen molar-refractivity contribution >= 4 is 22.1 Å². The molecule has 0 saturated heterocycles. The summed E-state index contributed by atoms with van der Waals surface area (Å²) in [5.74, 6) is -1.87. The van der Waals surface area contributed by atoms with E-state index in [2.05, 4.69) is 13.8 Å². The van der Waals surface area contributed by atoms with E-state index in [4.69, 9.17) is 14.4 Å². The van der Waals surface area contributed by atoms with Crippen LogP contribution >= 0.6 is 0 Å². The minimum atomic E-state index is -4.82. The number of carbonyl (C=O) groups is 2. The van der Waals surface area contributed by atoms with Crippen molar-refractivity contribution in [3.63, 3.8) is 0 Å². The molecule has 7 nitrogen and oxygen atoms in total. The standard InChI is InChI=1S/C22H42O7S.2Na.2H/c1-19(2)16-14-12-10-8-6-4-3-5-7-9-11-13-15-17-29-21(23)18-20(22(24)25)30(26,27)28;;;;/h19-20H,3-18H2,1-2H3,(H,24,25)(H,26,27,28);;;;/q;2*+1;2*-1. The van der Waals surface area contributed by atoms with Gasteiger partial charge in [-0.1, -0.05) is 97.3 Å². The van der Waals surface area contributed by atoms with Crippen LogP contribution in [0.25, 0.3) is 0 Å². The largest absolute Gasteiger partial charge is 1.00 e. The van der Waals surface area contributed by atoms with Crippen LogP contribution in [-0.4, -0.2) is 41.9 Å². The summed E-state index contributed by atoms with van der Waals surface area (Å²) in [5.41, 5.74) is 0. The SMILES string of the molecule is CC(C)CCCCCCCCCCCCCCCOC(=O)CC(C(=O)O)S(=O)(=O)O.[H-].[H-].[Na+].[Na+]. The fraction of sp³-hybridized carbons (Fsp3) is 0.909. The number of hydrogen-bond donors (Lipinski definition) is 2. The first-order valence-corrected chi connectivity index (χ1v) is 13.0. The zero-order valence-electron chi connectivity index (χ0n) is 22.8. The molecule has 0 aliphatic heterocycles. The van der Waals surface area contributed by atoms with E-state index in [1.807, 2.05) is 0 Å². The monoisotopic (exact) mass is 498 g/mol. The molecular weight excluding hydrogens is 454 g/mol. The van der Waals surface area contributed by atoms with Gasteiger partial charge in [0.25, 0.3) is 10.1 Å². The van der Waals surface area contributed by atoms with E-state index in [0.717, 1.165) is 25.2 Å². The Hall–Kier alpha value is 0.850. The summed E-state index contributed by atoms with van der Waals surface area (Å²) in [7, 11) is -4.82. The predicted octanol–water partition coefficient (Wildman–Crippen LogP) is -0.389. The molecule has 0 aliphatic rings. The van der Waals surface area contributed by atoms with Crippen LogP contribution in [0.5, 0.6) is 0 Å². The van der Waals surface area contributed by atoms with Crippen LogP contribution < -0.4 is 59.1 Å². The van der Waals surface area contributed by atoms with Crippen LogP contribution in [0.4, 0.5) is 0 Å². The van der Waals surface area contributed by atoms with Gasteiger partial charge in [-0.05, 0) is 12.3 Å². The molecule has 0 spiro atoms. The first-order valence-electron chi connectivity index (χ1n) is 11.5. The maximum absolute atomic E-state index is 11.5. The number of esters is 1. The van der Waals surface area contributed by atoms with E-state index in [1.54, 1.807) is 0 Å². The van der Waals surface area contributed by atoms with Gasteiger partial charge in [-0.15, -0.1) is 0 Å². The number of aliphatic carboxylic acids is 1. The van der Waals surface area contributed by atoms with Crippen molar-refractivity contribution in [3.8, 4) is 0 Å². The fourth-order valence-corrected chi connectivity index (χ4v) is 3.92. The van der Waals surface area contributed by atoms with E-state index in [-0.39, 0.29) is 68.6 Å². The van der Waals surface area contributed by atoms with Crippen LogP contribution in [0, 0.1) is 5.92 Å². The molecule has 1 unspecified atom stereocenters. The number of carboxylic acid groups (broad SMARTS) is 1. The summed E-state index contributed by atoms with van der Waals surface area (Å²) in [5, 5.41) is 6.56. The third-order valence-corrected chi connectivity index (χ3v) is 6.26. The first kappa shape index (κ1) is 37.4. The summed E-state index contributed by atoms with van der Waals surface area (Å²) in [6.07, 6.45) is 16.1. The van der Waals surface area contributed by atoms with Crippen LogP contribution in [0.3, 0.4) is 0 Å². The molecule has 0 amide bonds. The van der Waals surface area contributed by atoms with Crippen molar-refractivity contribution < 1.29 is 94.4 Å². The second kappa shape index (κ2) is 23.6. The Balaban J connectivity index is -0.000000701. The van der Waals surface area contributed by atoms with Crippen LogP contribution in [0.15, 0.2) is 0 Å². The van der Waals surface area contributed by atoms with Crippen molar-refractivity contribution in [1.29, 1.82) is 0 Å². The van der Waals surface area contributed by atoms with Crippen LogP contribution in [0.2, 0.25) is 0 Å². The Labute approximate surface area is 242 Å². The summed E-state index contributed by atoms with van der Waals surface area (Å²) in [4.78, 5) is 22.3. The molecule has 0 aromatic rings. The molecule has 0 aliphatic carbocycles. The number of hydrogen-bond acceptors (Lipinski definition) is 5. The zero-order chi connectivity index (χ0) is 22.8. The average Bonchev–Trinajstić information content (AvgIpc) is 2.64. The Morgan fingerprint density at radius 2 is 1.16 bits per heavy atom. The zero-order valence-corrected chi connectivity index (χ0v) is 25.6. The molecule has 0 radical (unpaired) electrons. The smallest absolute Gasteiger partial charge is 1.00 e. The molecular formula is C22H44Na2O7S. The fourth-order valence-electron chi connectivity index (χ4n) is 3.32. The van der Waals surface area contributed by atoms with Crippen molar-refractivity contribution in [2.24, 2.45) is 5.92 Å². The number of ether oxygens (including phenoxy) is 1. The maximum atomic E-state index is 11.5. The van der Waals surface area contributed by atoms with Gasteiger partial charge in [0.2, 0.25) is 0 Å². The van der Waals surface area contributed by atoms with Crippen molar-refractivity contribution in [2.45, 2.75) is 115 Å². The molecule has 1 atom stereocenters. The summed E-state index contributed by atoms with van der Waals surface area (Å²) >= 11 is 0. The molecule has 182 valence electrons. The first-order chi connectivity index (χ1) is 14.1. The van der Waals surface area contributed by atoms with Gasteiger partial charge in [0.15, 0.2) is 5.25 Å². The molecule has 0 saturated carbocycles. The third-order valence-electron chi connectivity index (χ3n) is 5.18. The second-order valence-electron chi connectivity index (χ2n) is 8.55. The number of unbranched alkanes of at least 4 members (excludes halogenated alkanes) is 12. The number of carboxylic acids is 1. The molecule has 0 aromatic carbocycles. The van der Waals surface area contributed by atoms with Crippen LogP contribution in [-0.2, 0) is 24.4 Å². The Morgan fingerprint density at radius 3 is 1.50 bits per heavy atom. The maximum Gasteiger partial charge on any atom is 1.00 e. The Bertz CT molecular complexity index is 580. The topological polar surface area (TPSA) is 118 Å². The van der Waals surface area contributed by atoms with E-state index in [9.17, 15) is 18.0 Å². The summed E-state index contributed by atoms with van der Waals surface area (Å²) in [6, 6.07) is 0. The Morgan fingerprint density at radius 1 is 0.781 bits per heavy atom. The van der Waals surface area contributed by atoms with Gasteiger partial charge < -0.3 is 12.7 Å². The van der Waals surface area contributed by atoms with Gasteiger partial charge in [-0.3, -0.25) is 14.1 Å². The molecule has 10 heteroatoms. The van der Waals surface area contributed by atoms with Crippen LogP contribution in [0.1, 0.15) is 113 Å². The van der Waals surface area contributed by atoms with Crippen molar-refractivity contribution in [3.05, 3.63) is 0 Å². The number of carbonyl (C=O) groups excluding carboxylic acids is 1. The van der Waals surface area contributed by atoms with Crippen molar-refractivity contribution in [1.82, 2.24) is 0 Å². The van der Waals surface area contributed by atoms with Gasteiger partial charge in [-0.25, -0.2) is 0 Å². The molecule has 32 heavy (non-hydrogen) atoms. The Kier molecular flexibility index (Phi) is 27.6. The van der Waals surface area contributed by atoms with Gasteiger partial charge in [-0.2, -0.15) is 8.42 Å². The second-order valence-corrected chi connectivity index (χ2v) is 10.1. The third kappa shape index (κ3) is 24.0. The van der Waals surface area contributed by atoms with Gasteiger partial charge >= 0.3 is 71.1 Å². The number of rotatable bonds is 20. The predicted molar refractivity (Wildman–Crippen MR) is 120 cm³/mol. The van der Waals surface area contributed by atoms with Crippen molar-refractivity contribution in [2.75, 3.05) is 6.61 Å². The minimum absolute atomic E-state index is 0.